The van der Waals surface area contributed by atoms with Crippen molar-refractivity contribution in [2.75, 3.05) is 31.1 Å². The molecule has 2 aliphatic heterocycles. The van der Waals surface area contributed by atoms with Gasteiger partial charge in [-0.05, 0) is 6.07 Å². The highest BCUT2D eigenvalue weighted by molar-refractivity contribution is 7.98. The Hall–Kier alpha value is -1.75. The number of amides is 1. The summed E-state index contributed by atoms with van der Waals surface area (Å²) < 4.78 is 0. The minimum Gasteiger partial charge on any atom is -0.367 e. The lowest BCUT2D eigenvalue weighted by molar-refractivity contribution is -0.129. The lowest BCUT2D eigenvalue weighted by atomic mass is 10.1. The van der Waals surface area contributed by atoms with Crippen LogP contribution in [0.25, 0.3) is 10.9 Å². The van der Waals surface area contributed by atoms with Crippen molar-refractivity contribution in [3.8, 4) is 0 Å². The maximum atomic E-state index is 11.5. The molecule has 0 unspecified atom stereocenters. The maximum absolute atomic E-state index is 11.5. The molecule has 0 atom stereocenters. The molecule has 5 heteroatoms. The number of nitrogens with zero attached hydrogens (tertiary/aromatic N) is 3. The average molecular weight is 313 g/mol. The summed E-state index contributed by atoms with van der Waals surface area (Å²) in [6, 6.07) is 8.43. The van der Waals surface area contributed by atoms with Gasteiger partial charge in [-0.3, -0.25) is 9.78 Å². The molecule has 0 bridgehead atoms. The topological polar surface area (TPSA) is 36.4 Å². The number of fused-ring (bicyclic) bond motifs is 2. The molecule has 1 saturated heterocycles. The van der Waals surface area contributed by atoms with Crippen LogP contribution in [0.2, 0.25) is 0 Å². The van der Waals surface area contributed by atoms with E-state index >= 15 is 0 Å². The lowest BCUT2D eigenvalue weighted by Crippen LogP contribution is -2.48. The van der Waals surface area contributed by atoms with Crippen molar-refractivity contribution in [1.29, 1.82) is 0 Å². The number of carbonyl (C=O) groups is 1. The highest BCUT2D eigenvalue weighted by atomic mass is 32.2. The van der Waals surface area contributed by atoms with Crippen LogP contribution in [0, 0.1) is 0 Å². The average Bonchev–Trinajstić information content (AvgIpc) is 3.00. The first-order valence-corrected chi connectivity index (χ1v) is 8.88. The number of aromatic nitrogens is 1. The van der Waals surface area contributed by atoms with Crippen LogP contribution in [0.4, 0.5) is 5.69 Å². The quantitative estimate of drug-likeness (QED) is 0.811. The summed E-state index contributed by atoms with van der Waals surface area (Å²) in [4.78, 5) is 20.8. The van der Waals surface area contributed by atoms with Crippen LogP contribution in [0.1, 0.15) is 18.2 Å². The zero-order chi connectivity index (χ0) is 15.1. The molecule has 0 saturated carbocycles. The Kier molecular flexibility index (Phi) is 3.45. The molecular weight excluding hydrogens is 294 g/mol. The molecule has 1 amide bonds. The van der Waals surface area contributed by atoms with Gasteiger partial charge in [-0.25, -0.2) is 0 Å². The van der Waals surface area contributed by atoms with Gasteiger partial charge in [-0.2, -0.15) is 11.8 Å². The smallest absolute Gasteiger partial charge is 0.219 e. The Labute approximate surface area is 134 Å². The summed E-state index contributed by atoms with van der Waals surface area (Å²) in [6.07, 6.45) is 0. The Morgan fingerprint density at radius 3 is 2.68 bits per heavy atom. The van der Waals surface area contributed by atoms with E-state index in [1.807, 2.05) is 16.7 Å². The molecule has 0 radical (unpaired) electrons. The number of benzene rings is 1. The molecule has 22 heavy (non-hydrogen) atoms. The summed E-state index contributed by atoms with van der Waals surface area (Å²) in [5.74, 6) is 2.25. The largest absolute Gasteiger partial charge is 0.367 e. The van der Waals surface area contributed by atoms with Crippen LogP contribution in [0.5, 0.6) is 0 Å². The third-order valence-electron chi connectivity index (χ3n) is 4.58. The zero-order valence-corrected chi connectivity index (χ0v) is 13.5. The molecule has 0 aliphatic carbocycles. The predicted molar refractivity (Wildman–Crippen MR) is 91.2 cm³/mol. The maximum Gasteiger partial charge on any atom is 0.219 e. The second kappa shape index (κ2) is 5.47. The molecule has 1 aromatic heterocycles. The van der Waals surface area contributed by atoms with E-state index in [0.29, 0.717) is 0 Å². The Morgan fingerprint density at radius 1 is 1.14 bits per heavy atom. The van der Waals surface area contributed by atoms with Gasteiger partial charge in [-0.15, -0.1) is 0 Å². The zero-order valence-electron chi connectivity index (χ0n) is 12.7. The Morgan fingerprint density at radius 2 is 1.91 bits per heavy atom. The minimum atomic E-state index is 0.181. The summed E-state index contributed by atoms with van der Waals surface area (Å²) in [7, 11) is 0. The molecule has 1 aromatic carbocycles. The van der Waals surface area contributed by atoms with Crippen molar-refractivity contribution in [2.24, 2.45) is 0 Å². The first-order valence-electron chi connectivity index (χ1n) is 7.73. The van der Waals surface area contributed by atoms with E-state index in [4.69, 9.17) is 4.98 Å². The molecule has 0 N–H and O–H groups in total. The van der Waals surface area contributed by atoms with Crippen LogP contribution in [-0.4, -0.2) is 42.0 Å². The van der Waals surface area contributed by atoms with Gasteiger partial charge in [0.15, 0.2) is 0 Å². The second-order valence-corrected chi connectivity index (χ2v) is 6.87. The van der Waals surface area contributed by atoms with E-state index in [2.05, 4.69) is 29.2 Å². The van der Waals surface area contributed by atoms with Crippen molar-refractivity contribution in [1.82, 2.24) is 9.88 Å². The van der Waals surface area contributed by atoms with Gasteiger partial charge in [-0.1, -0.05) is 18.2 Å². The summed E-state index contributed by atoms with van der Waals surface area (Å²) >= 11 is 1.94. The fourth-order valence-corrected chi connectivity index (χ4v) is 4.45. The highest BCUT2D eigenvalue weighted by Gasteiger charge is 2.26. The molecule has 2 aromatic rings. The van der Waals surface area contributed by atoms with Crippen LogP contribution in [0.3, 0.4) is 0 Å². The highest BCUT2D eigenvalue weighted by Crippen LogP contribution is 2.40. The van der Waals surface area contributed by atoms with Gasteiger partial charge in [0.2, 0.25) is 5.91 Å². The number of rotatable bonds is 1. The van der Waals surface area contributed by atoms with E-state index < -0.39 is 0 Å². The fraction of sp³-hybridized carbons (Fsp3) is 0.412. The van der Waals surface area contributed by atoms with Gasteiger partial charge in [0.25, 0.3) is 0 Å². The number of para-hydroxylation sites is 1. The van der Waals surface area contributed by atoms with Crippen LogP contribution in [0.15, 0.2) is 24.3 Å². The Bertz CT molecular complexity index is 738. The molecule has 4 nitrogen and oxygen atoms in total. The van der Waals surface area contributed by atoms with Crippen molar-refractivity contribution in [3.63, 3.8) is 0 Å². The van der Waals surface area contributed by atoms with Crippen LogP contribution < -0.4 is 4.90 Å². The first-order chi connectivity index (χ1) is 10.7. The number of hydrogen-bond acceptors (Lipinski definition) is 4. The lowest BCUT2D eigenvalue weighted by Gasteiger charge is -2.37. The van der Waals surface area contributed by atoms with Gasteiger partial charge >= 0.3 is 0 Å². The van der Waals surface area contributed by atoms with Crippen LogP contribution >= 0.6 is 11.8 Å². The van der Waals surface area contributed by atoms with Crippen LogP contribution in [-0.2, 0) is 16.3 Å². The van der Waals surface area contributed by atoms with Gasteiger partial charge in [0.05, 0.1) is 16.9 Å². The third-order valence-corrected chi connectivity index (χ3v) is 5.55. The van der Waals surface area contributed by atoms with E-state index in [1.165, 1.54) is 22.3 Å². The van der Waals surface area contributed by atoms with Gasteiger partial charge in [0, 0.05) is 55.6 Å². The summed E-state index contributed by atoms with van der Waals surface area (Å²) in [6.45, 7) is 5.10. The van der Waals surface area contributed by atoms with E-state index in [9.17, 15) is 4.79 Å². The second-order valence-electron chi connectivity index (χ2n) is 5.89. The van der Waals surface area contributed by atoms with Crippen molar-refractivity contribution < 1.29 is 4.79 Å². The van der Waals surface area contributed by atoms with Crippen molar-refractivity contribution in [2.45, 2.75) is 18.4 Å². The van der Waals surface area contributed by atoms with E-state index in [0.717, 1.165) is 43.2 Å². The van der Waals surface area contributed by atoms with Gasteiger partial charge < -0.3 is 9.80 Å². The molecular formula is C17H19N3OS. The monoisotopic (exact) mass is 313 g/mol. The third kappa shape index (κ3) is 2.24. The Balaban J connectivity index is 1.77. The van der Waals surface area contributed by atoms with Crippen molar-refractivity contribution >= 4 is 34.3 Å². The van der Waals surface area contributed by atoms with Gasteiger partial charge in [0.1, 0.15) is 0 Å². The number of thioether (sulfide) groups is 1. The van der Waals surface area contributed by atoms with E-state index in [-0.39, 0.29) is 5.91 Å². The molecule has 1 fully saturated rings. The number of pyridine rings is 1. The molecule has 0 spiro atoms. The van der Waals surface area contributed by atoms with E-state index in [1.54, 1.807) is 6.92 Å². The standard InChI is InChI=1S/C17H19N3OS/c1-12(21)19-6-8-20(9-7-19)17-13-4-2-3-5-15(13)18-16-11-22-10-14(16)17/h2-5H,6-11H2,1H3. The number of carbonyl (C=O) groups excluding carboxylic acids is 1. The molecule has 114 valence electrons. The first kappa shape index (κ1) is 13.9. The molecule has 2 aliphatic rings. The fourth-order valence-electron chi connectivity index (χ4n) is 3.41. The normalized spacial score (nSPS) is 17.9. The number of piperazine rings is 1. The number of hydrogen-bond donors (Lipinski definition) is 0. The molecule has 3 heterocycles. The molecule has 4 rings (SSSR count). The van der Waals surface area contributed by atoms with Crippen molar-refractivity contribution in [3.05, 3.63) is 35.5 Å². The summed E-state index contributed by atoms with van der Waals surface area (Å²) in [5.41, 5.74) is 5.09. The summed E-state index contributed by atoms with van der Waals surface area (Å²) in [5, 5.41) is 1.25. The SMILES string of the molecule is CC(=O)N1CCN(c2c3c(nc4ccccc24)CSC3)CC1. The minimum absolute atomic E-state index is 0.181. The number of anilines is 1. The predicted octanol–water partition coefficient (Wildman–Crippen LogP) is 2.65.